The molecule has 1 amide bonds. The van der Waals surface area contributed by atoms with Crippen LogP contribution >= 0.6 is 0 Å². The van der Waals surface area contributed by atoms with Gasteiger partial charge < -0.3 is 20.5 Å². The Morgan fingerprint density at radius 2 is 2.05 bits per heavy atom. The molecule has 0 aliphatic carbocycles. The summed E-state index contributed by atoms with van der Waals surface area (Å²) >= 11 is 0. The maximum atomic E-state index is 11.7. The van der Waals surface area contributed by atoms with Gasteiger partial charge in [-0.1, -0.05) is 6.07 Å². The summed E-state index contributed by atoms with van der Waals surface area (Å²) in [4.78, 5) is 11.7. The van der Waals surface area contributed by atoms with Gasteiger partial charge in [-0.2, -0.15) is 0 Å². The highest BCUT2D eigenvalue weighted by Gasteiger charge is 2.21. The van der Waals surface area contributed by atoms with E-state index in [2.05, 4.69) is 5.32 Å². The molecule has 0 heterocycles. The predicted octanol–water partition coefficient (Wildman–Crippen LogP) is 1.45. The Morgan fingerprint density at radius 3 is 2.58 bits per heavy atom. The van der Waals surface area contributed by atoms with Crippen molar-refractivity contribution >= 4 is 5.91 Å². The largest absolute Gasteiger partial charge is 0.493 e. The highest BCUT2D eigenvalue weighted by molar-refractivity contribution is 5.84. The van der Waals surface area contributed by atoms with Gasteiger partial charge in [0.15, 0.2) is 11.5 Å². The van der Waals surface area contributed by atoms with E-state index in [1.54, 1.807) is 21.0 Å². The molecule has 0 aliphatic rings. The molecule has 3 N–H and O–H groups in total. The number of ether oxygens (including phenoxy) is 2. The number of nitrogens with two attached hydrogens (primary N) is 1. The molecule has 1 rings (SSSR count). The van der Waals surface area contributed by atoms with Crippen molar-refractivity contribution in [2.24, 2.45) is 5.73 Å². The van der Waals surface area contributed by atoms with Gasteiger partial charge in [0.1, 0.15) is 0 Å². The summed E-state index contributed by atoms with van der Waals surface area (Å²) in [6.07, 6.45) is 0. The molecular formula is C14H22N2O3. The summed E-state index contributed by atoms with van der Waals surface area (Å²) in [5, 5.41) is 2.78. The maximum absolute atomic E-state index is 11.7. The van der Waals surface area contributed by atoms with Crippen molar-refractivity contribution in [3.05, 3.63) is 23.8 Å². The number of hydrogen-bond acceptors (Lipinski definition) is 4. The minimum absolute atomic E-state index is 0.194. The van der Waals surface area contributed by atoms with E-state index >= 15 is 0 Å². The highest BCUT2D eigenvalue weighted by atomic mass is 16.5. The highest BCUT2D eigenvalue weighted by Crippen LogP contribution is 2.27. The second-order valence-corrected chi connectivity index (χ2v) is 4.82. The zero-order valence-electron chi connectivity index (χ0n) is 11.9. The molecule has 0 atom stereocenters. The van der Waals surface area contributed by atoms with E-state index in [4.69, 9.17) is 15.2 Å². The first-order chi connectivity index (χ1) is 8.88. The molecule has 0 saturated carbocycles. The molecule has 0 fully saturated rings. The third-order valence-electron chi connectivity index (χ3n) is 2.57. The standard InChI is InChI=1S/C14H22N2O3/c1-5-19-11-7-6-10(8-12(11)18-4)9-16-13(17)14(2,3)15/h6-8H,5,9,15H2,1-4H3,(H,16,17). The fourth-order valence-corrected chi connectivity index (χ4v) is 1.51. The van der Waals surface area contributed by atoms with Gasteiger partial charge in [-0.25, -0.2) is 0 Å². The fraction of sp³-hybridized carbons (Fsp3) is 0.500. The first kappa shape index (κ1) is 15.3. The first-order valence-corrected chi connectivity index (χ1v) is 6.25. The fourth-order valence-electron chi connectivity index (χ4n) is 1.51. The van der Waals surface area contributed by atoms with Crippen molar-refractivity contribution in [2.75, 3.05) is 13.7 Å². The molecule has 106 valence electrons. The summed E-state index contributed by atoms with van der Waals surface area (Å²) < 4.78 is 10.7. The third-order valence-corrected chi connectivity index (χ3v) is 2.57. The summed E-state index contributed by atoms with van der Waals surface area (Å²) in [5.41, 5.74) is 5.76. The number of rotatable bonds is 6. The summed E-state index contributed by atoms with van der Waals surface area (Å²) in [6.45, 7) is 6.23. The molecule has 1 aromatic rings. The molecule has 0 bridgehead atoms. The van der Waals surface area contributed by atoms with Crippen molar-refractivity contribution < 1.29 is 14.3 Å². The van der Waals surface area contributed by atoms with Crippen LogP contribution in [0.15, 0.2) is 18.2 Å². The summed E-state index contributed by atoms with van der Waals surface area (Å²) in [6, 6.07) is 5.56. The topological polar surface area (TPSA) is 73.6 Å². The Morgan fingerprint density at radius 1 is 1.37 bits per heavy atom. The number of nitrogens with one attached hydrogen (secondary N) is 1. The average molecular weight is 266 g/mol. The third kappa shape index (κ3) is 4.44. The van der Waals surface area contributed by atoms with Crippen LogP contribution < -0.4 is 20.5 Å². The van der Waals surface area contributed by atoms with Crippen molar-refractivity contribution in [3.8, 4) is 11.5 Å². The van der Waals surface area contributed by atoms with Crippen LogP contribution in [0, 0.1) is 0 Å². The van der Waals surface area contributed by atoms with Gasteiger partial charge in [-0.3, -0.25) is 4.79 Å². The van der Waals surface area contributed by atoms with Crippen molar-refractivity contribution in [1.29, 1.82) is 0 Å². The Labute approximate surface area is 114 Å². The molecule has 0 radical (unpaired) electrons. The quantitative estimate of drug-likeness (QED) is 0.817. The van der Waals surface area contributed by atoms with Crippen LogP contribution in [0.25, 0.3) is 0 Å². The van der Waals surface area contributed by atoms with Crippen LogP contribution in [-0.2, 0) is 11.3 Å². The maximum Gasteiger partial charge on any atom is 0.239 e. The van der Waals surface area contributed by atoms with Crippen LogP contribution in [0.1, 0.15) is 26.3 Å². The molecule has 5 heteroatoms. The van der Waals surface area contributed by atoms with Crippen LogP contribution in [0.2, 0.25) is 0 Å². The second kappa shape index (κ2) is 6.43. The zero-order valence-corrected chi connectivity index (χ0v) is 11.9. The second-order valence-electron chi connectivity index (χ2n) is 4.82. The smallest absolute Gasteiger partial charge is 0.239 e. The van der Waals surface area contributed by atoms with E-state index in [0.29, 0.717) is 24.7 Å². The van der Waals surface area contributed by atoms with E-state index in [-0.39, 0.29) is 5.91 Å². The zero-order chi connectivity index (χ0) is 14.5. The molecule has 0 aliphatic heterocycles. The molecule has 1 aromatic carbocycles. The predicted molar refractivity (Wildman–Crippen MR) is 74.3 cm³/mol. The van der Waals surface area contributed by atoms with E-state index < -0.39 is 5.54 Å². The first-order valence-electron chi connectivity index (χ1n) is 6.25. The molecule has 0 saturated heterocycles. The normalized spacial score (nSPS) is 11.0. The Hall–Kier alpha value is -1.75. The lowest BCUT2D eigenvalue weighted by Gasteiger charge is -2.18. The van der Waals surface area contributed by atoms with Gasteiger partial charge in [0.05, 0.1) is 19.3 Å². The van der Waals surface area contributed by atoms with Crippen molar-refractivity contribution in [2.45, 2.75) is 32.9 Å². The Kier molecular flexibility index (Phi) is 5.18. The van der Waals surface area contributed by atoms with Crippen molar-refractivity contribution in [1.82, 2.24) is 5.32 Å². The van der Waals surface area contributed by atoms with E-state index in [0.717, 1.165) is 5.56 Å². The monoisotopic (exact) mass is 266 g/mol. The number of methoxy groups -OCH3 is 1. The van der Waals surface area contributed by atoms with E-state index in [9.17, 15) is 4.79 Å². The number of hydrogen-bond donors (Lipinski definition) is 2. The van der Waals surface area contributed by atoms with E-state index in [1.165, 1.54) is 0 Å². The lowest BCUT2D eigenvalue weighted by atomic mass is 10.1. The lowest BCUT2D eigenvalue weighted by molar-refractivity contribution is -0.125. The van der Waals surface area contributed by atoms with E-state index in [1.807, 2.05) is 25.1 Å². The molecule has 5 nitrogen and oxygen atoms in total. The van der Waals surface area contributed by atoms with Gasteiger partial charge in [0.25, 0.3) is 0 Å². The summed E-state index contributed by atoms with van der Waals surface area (Å²) in [5.74, 6) is 1.15. The Bertz CT molecular complexity index is 439. The minimum Gasteiger partial charge on any atom is -0.493 e. The number of carbonyl (C=O) groups is 1. The SMILES string of the molecule is CCOc1ccc(CNC(=O)C(C)(C)N)cc1OC. The van der Waals surface area contributed by atoms with Gasteiger partial charge in [-0.05, 0) is 38.5 Å². The molecule has 0 aromatic heterocycles. The molecule has 0 spiro atoms. The van der Waals surface area contributed by atoms with Crippen LogP contribution in [0.3, 0.4) is 0 Å². The number of amides is 1. The van der Waals surface area contributed by atoms with Crippen LogP contribution in [0.4, 0.5) is 0 Å². The molecule has 0 unspecified atom stereocenters. The van der Waals surface area contributed by atoms with Crippen LogP contribution in [0.5, 0.6) is 11.5 Å². The van der Waals surface area contributed by atoms with Gasteiger partial charge in [0, 0.05) is 6.54 Å². The summed E-state index contributed by atoms with van der Waals surface area (Å²) in [7, 11) is 1.59. The lowest BCUT2D eigenvalue weighted by Crippen LogP contribution is -2.48. The average Bonchev–Trinajstić information content (AvgIpc) is 2.36. The number of carbonyl (C=O) groups excluding carboxylic acids is 1. The van der Waals surface area contributed by atoms with Crippen LogP contribution in [-0.4, -0.2) is 25.2 Å². The van der Waals surface area contributed by atoms with Gasteiger partial charge in [-0.15, -0.1) is 0 Å². The Balaban J connectivity index is 2.72. The molecule has 19 heavy (non-hydrogen) atoms. The van der Waals surface area contributed by atoms with Gasteiger partial charge in [0.2, 0.25) is 5.91 Å². The molecular weight excluding hydrogens is 244 g/mol. The van der Waals surface area contributed by atoms with Gasteiger partial charge >= 0.3 is 0 Å². The number of benzene rings is 1. The van der Waals surface area contributed by atoms with Crippen molar-refractivity contribution in [3.63, 3.8) is 0 Å². The minimum atomic E-state index is -0.880.